The molecule has 2 aromatic carbocycles. The molecule has 5 heteroatoms. The fraction of sp³-hybridized carbons (Fsp3) is 0.318. The molecule has 0 atom stereocenters. The Morgan fingerprint density at radius 1 is 0.778 bits per heavy atom. The molecule has 0 radical (unpaired) electrons. The Bertz CT molecular complexity index is 775. The molecule has 0 fully saturated rings. The van der Waals surface area contributed by atoms with E-state index in [1.54, 1.807) is 36.4 Å². The van der Waals surface area contributed by atoms with Gasteiger partial charge in [-0.1, -0.05) is 31.2 Å². The van der Waals surface area contributed by atoms with Crippen LogP contribution < -0.4 is 4.74 Å². The molecule has 0 amide bonds. The maximum absolute atomic E-state index is 12.1. The predicted molar refractivity (Wildman–Crippen MR) is 102 cm³/mol. The molecule has 0 aliphatic carbocycles. The lowest BCUT2D eigenvalue weighted by atomic mass is 10.1. The van der Waals surface area contributed by atoms with Crippen molar-refractivity contribution in [1.29, 1.82) is 0 Å². The summed E-state index contributed by atoms with van der Waals surface area (Å²) < 4.78 is 10.3. The lowest BCUT2D eigenvalue weighted by molar-refractivity contribution is -0.142. The molecule has 0 unspecified atom stereocenters. The van der Waals surface area contributed by atoms with Crippen molar-refractivity contribution in [1.82, 2.24) is 0 Å². The average molecular weight is 368 g/mol. The van der Waals surface area contributed by atoms with E-state index in [4.69, 9.17) is 9.47 Å². The van der Waals surface area contributed by atoms with Gasteiger partial charge in [0.25, 0.3) is 0 Å². The molecular formula is C22H24O5. The van der Waals surface area contributed by atoms with Gasteiger partial charge in [0.05, 0.1) is 13.0 Å². The third kappa shape index (κ3) is 6.37. The first-order valence-electron chi connectivity index (χ1n) is 9.07. The summed E-state index contributed by atoms with van der Waals surface area (Å²) in [6.45, 7) is 4.16. The number of ether oxygens (including phenoxy) is 2. The molecule has 0 aromatic heterocycles. The van der Waals surface area contributed by atoms with Crippen LogP contribution in [-0.4, -0.2) is 30.7 Å². The quantitative estimate of drug-likeness (QED) is 0.468. The summed E-state index contributed by atoms with van der Waals surface area (Å²) in [4.78, 5) is 36.0. The summed E-state index contributed by atoms with van der Waals surface area (Å²) in [6.07, 6.45) is 0.867. The predicted octanol–water partition coefficient (Wildman–Crippen LogP) is 4.04. The van der Waals surface area contributed by atoms with Crippen molar-refractivity contribution < 1.29 is 23.9 Å². The highest BCUT2D eigenvalue weighted by Gasteiger charge is 2.13. The number of benzene rings is 2. The minimum atomic E-state index is -0.562. The summed E-state index contributed by atoms with van der Waals surface area (Å²) in [5.41, 5.74) is 2.15. The molecule has 142 valence electrons. The Kier molecular flexibility index (Phi) is 7.74. The highest BCUT2D eigenvalue weighted by molar-refractivity contribution is 5.99. The molecule has 2 rings (SSSR count). The first-order chi connectivity index (χ1) is 13.0. The number of hydrogen-bond acceptors (Lipinski definition) is 5. The summed E-state index contributed by atoms with van der Waals surface area (Å²) in [5, 5.41) is 0. The molecule has 27 heavy (non-hydrogen) atoms. The van der Waals surface area contributed by atoms with Crippen LogP contribution in [0.5, 0.6) is 5.75 Å². The molecule has 5 nitrogen and oxygen atoms in total. The molecule has 0 aliphatic rings. The van der Waals surface area contributed by atoms with Gasteiger partial charge in [-0.25, -0.2) is 0 Å². The second-order valence-electron chi connectivity index (χ2n) is 6.01. The van der Waals surface area contributed by atoms with Crippen LogP contribution in [0.4, 0.5) is 0 Å². The standard InChI is InChI=1S/C22H24O5/c1-3-16-5-7-18(8-6-16)21(24)15-27-22(25)14-13-20(23)17-9-11-19(12-10-17)26-4-2/h5-12H,3-4,13-15H2,1-2H3. The minimum Gasteiger partial charge on any atom is -0.494 e. The van der Waals surface area contributed by atoms with Crippen LogP contribution in [0.25, 0.3) is 0 Å². The molecule has 2 aromatic rings. The molecule has 0 saturated carbocycles. The van der Waals surface area contributed by atoms with Crippen LogP contribution in [-0.2, 0) is 16.0 Å². The Morgan fingerprint density at radius 3 is 1.96 bits per heavy atom. The number of aryl methyl sites for hydroxylation is 1. The Morgan fingerprint density at radius 2 is 1.37 bits per heavy atom. The smallest absolute Gasteiger partial charge is 0.306 e. The Labute approximate surface area is 159 Å². The van der Waals surface area contributed by atoms with Gasteiger partial charge in [0.1, 0.15) is 5.75 Å². The van der Waals surface area contributed by atoms with E-state index in [-0.39, 0.29) is 31.0 Å². The summed E-state index contributed by atoms with van der Waals surface area (Å²) in [7, 11) is 0. The number of rotatable bonds is 10. The summed E-state index contributed by atoms with van der Waals surface area (Å²) in [5.74, 6) is -0.285. The number of ketones is 2. The number of Topliss-reactive ketones (excluding diaryl/α,β-unsaturated/α-hetero) is 2. The molecule has 0 aliphatic heterocycles. The third-order valence-electron chi connectivity index (χ3n) is 4.09. The van der Waals surface area contributed by atoms with Gasteiger partial charge in [0, 0.05) is 17.5 Å². The van der Waals surface area contributed by atoms with Crippen molar-refractivity contribution in [2.24, 2.45) is 0 Å². The molecule has 0 saturated heterocycles. The van der Waals surface area contributed by atoms with Crippen LogP contribution >= 0.6 is 0 Å². The van der Waals surface area contributed by atoms with Crippen molar-refractivity contribution in [3.63, 3.8) is 0 Å². The van der Waals surface area contributed by atoms with Crippen molar-refractivity contribution in [3.05, 3.63) is 65.2 Å². The van der Waals surface area contributed by atoms with Crippen molar-refractivity contribution in [3.8, 4) is 5.75 Å². The van der Waals surface area contributed by atoms with E-state index in [9.17, 15) is 14.4 Å². The van der Waals surface area contributed by atoms with E-state index in [0.717, 1.165) is 12.0 Å². The molecule has 0 bridgehead atoms. The fourth-order valence-corrected chi connectivity index (χ4v) is 2.49. The van der Waals surface area contributed by atoms with Gasteiger partial charge >= 0.3 is 5.97 Å². The lowest BCUT2D eigenvalue weighted by Crippen LogP contribution is -2.15. The highest BCUT2D eigenvalue weighted by Crippen LogP contribution is 2.14. The molecular weight excluding hydrogens is 344 g/mol. The van der Waals surface area contributed by atoms with E-state index in [0.29, 0.717) is 23.5 Å². The minimum absolute atomic E-state index is 0.0339. The SMILES string of the molecule is CCOc1ccc(C(=O)CCC(=O)OCC(=O)c2ccc(CC)cc2)cc1. The number of carbonyl (C=O) groups is 3. The van der Waals surface area contributed by atoms with Gasteiger partial charge in [-0.3, -0.25) is 14.4 Å². The van der Waals surface area contributed by atoms with E-state index in [1.165, 1.54) is 0 Å². The molecule has 0 spiro atoms. The van der Waals surface area contributed by atoms with E-state index < -0.39 is 5.97 Å². The van der Waals surface area contributed by atoms with Gasteiger partial charge in [-0.15, -0.1) is 0 Å². The third-order valence-corrected chi connectivity index (χ3v) is 4.09. The number of hydrogen-bond donors (Lipinski definition) is 0. The van der Waals surface area contributed by atoms with Gasteiger partial charge in [-0.05, 0) is 43.2 Å². The fourth-order valence-electron chi connectivity index (χ4n) is 2.49. The zero-order valence-corrected chi connectivity index (χ0v) is 15.7. The van der Waals surface area contributed by atoms with Gasteiger partial charge in [0.2, 0.25) is 0 Å². The van der Waals surface area contributed by atoms with Crippen LogP contribution in [0.1, 0.15) is 53.0 Å². The van der Waals surface area contributed by atoms with Crippen molar-refractivity contribution in [2.45, 2.75) is 33.1 Å². The van der Waals surface area contributed by atoms with Crippen LogP contribution in [0.2, 0.25) is 0 Å². The van der Waals surface area contributed by atoms with Gasteiger partial charge in [-0.2, -0.15) is 0 Å². The van der Waals surface area contributed by atoms with Gasteiger partial charge in [0.15, 0.2) is 18.2 Å². The van der Waals surface area contributed by atoms with Crippen LogP contribution in [0.15, 0.2) is 48.5 Å². The zero-order chi connectivity index (χ0) is 19.6. The first-order valence-corrected chi connectivity index (χ1v) is 9.07. The topological polar surface area (TPSA) is 69.7 Å². The van der Waals surface area contributed by atoms with Crippen LogP contribution in [0, 0.1) is 0 Å². The Hall–Kier alpha value is -2.95. The second kappa shape index (κ2) is 10.3. The maximum atomic E-state index is 12.1. The first kappa shape index (κ1) is 20.4. The molecule has 0 heterocycles. The van der Waals surface area contributed by atoms with E-state index >= 15 is 0 Å². The summed E-state index contributed by atoms with van der Waals surface area (Å²) >= 11 is 0. The van der Waals surface area contributed by atoms with Crippen LogP contribution in [0.3, 0.4) is 0 Å². The number of esters is 1. The largest absolute Gasteiger partial charge is 0.494 e. The average Bonchev–Trinajstić information content (AvgIpc) is 2.71. The van der Waals surface area contributed by atoms with Crippen molar-refractivity contribution >= 4 is 17.5 Å². The normalized spacial score (nSPS) is 10.3. The monoisotopic (exact) mass is 368 g/mol. The molecule has 0 N–H and O–H groups in total. The maximum Gasteiger partial charge on any atom is 0.306 e. The summed E-state index contributed by atoms with van der Waals surface area (Å²) in [6, 6.07) is 14.0. The lowest BCUT2D eigenvalue weighted by Gasteiger charge is -2.06. The second-order valence-corrected chi connectivity index (χ2v) is 6.01. The number of carbonyl (C=O) groups excluding carboxylic acids is 3. The van der Waals surface area contributed by atoms with E-state index in [1.807, 2.05) is 26.0 Å². The van der Waals surface area contributed by atoms with Crippen molar-refractivity contribution in [2.75, 3.05) is 13.2 Å². The Balaban J connectivity index is 1.76. The highest BCUT2D eigenvalue weighted by atomic mass is 16.5. The van der Waals surface area contributed by atoms with E-state index in [2.05, 4.69) is 0 Å². The van der Waals surface area contributed by atoms with Gasteiger partial charge < -0.3 is 9.47 Å². The zero-order valence-electron chi connectivity index (χ0n) is 15.7.